The van der Waals surface area contributed by atoms with E-state index in [1.54, 1.807) is 19.4 Å². The fourth-order valence-corrected chi connectivity index (χ4v) is 2.38. The van der Waals surface area contributed by atoms with Crippen LogP contribution in [-0.4, -0.2) is 39.3 Å². The van der Waals surface area contributed by atoms with E-state index >= 15 is 0 Å². The van der Waals surface area contributed by atoms with Gasteiger partial charge in [-0.2, -0.15) is 0 Å². The molecule has 26 heavy (non-hydrogen) atoms. The number of benzene rings is 1. The van der Waals surface area contributed by atoms with Gasteiger partial charge in [0.05, 0.1) is 21.2 Å². The highest BCUT2D eigenvalue weighted by molar-refractivity contribution is 6.29. The summed E-state index contributed by atoms with van der Waals surface area (Å²) >= 11 is 5.79. The lowest BCUT2D eigenvalue weighted by atomic mass is 10.2. The Labute approximate surface area is 172 Å². The van der Waals surface area contributed by atoms with Crippen molar-refractivity contribution in [3.05, 3.63) is 52.8 Å². The van der Waals surface area contributed by atoms with E-state index in [1.165, 1.54) is 10.5 Å². The zero-order valence-corrected chi connectivity index (χ0v) is 17.5. The molecule has 146 valence electrons. The molecule has 2 rings (SSSR count). The van der Waals surface area contributed by atoms with Crippen LogP contribution in [0.2, 0.25) is 5.15 Å². The highest BCUT2D eigenvalue weighted by Gasteiger charge is 2.08. The van der Waals surface area contributed by atoms with Crippen molar-refractivity contribution in [1.29, 1.82) is 0 Å². The lowest BCUT2D eigenvalue weighted by Crippen LogP contribution is -3.09. The van der Waals surface area contributed by atoms with Crippen LogP contribution in [0.25, 0.3) is 0 Å². The van der Waals surface area contributed by atoms with E-state index in [0.717, 1.165) is 36.7 Å². The van der Waals surface area contributed by atoms with Crippen LogP contribution in [0, 0.1) is 0 Å². The van der Waals surface area contributed by atoms with Gasteiger partial charge in [-0.05, 0) is 24.3 Å². The number of hydrogen-bond donors (Lipinski definition) is 2. The third-order valence-electron chi connectivity index (χ3n) is 3.64. The van der Waals surface area contributed by atoms with Crippen LogP contribution in [0.15, 0.2) is 36.5 Å². The van der Waals surface area contributed by atoms with Gasteiger partial charge in [0.25, 0.3) is 0 Å². The van der Waals surface area contributed by atoms with E-state index < -0.39 is 0 Å². The van der Waals surface area contributed by atoms with Crippen molar-refractivity contribution in [1.82, 2.24) is 4.98 Å². The van der Waals surface area contributed by atoms with Crippen molar-refractivity contribution in [2.24, 2.45) is 0 Å². The topological polar surface area (TPSA) is 52.4 Å². The largest absolute Gasteiger partial charge is 1.00 e. The zero-order valence-electron chi connectivity index (χ0n) is 15.3. The fraction of sp³-hybridized carbons (Fsp3) is 0.389. The maximum atomic E-state index is 5.84. The number of aromatic nitrogens is 1. The molecule has 0 bridgehead atoms. The van der Waals surface area contributed by atoms with E-state index in [-0.39, 0.29) is 24.8 Å². The quantitative estimate of drug-likeness (QED) is 0.313. The van der Waals surface area contributed by atoms with Gasteiger partial charge in [-0.3, -0.25) is 0 Å². The number of methoxy groups -OCH3 is 1. The van der Waals surface area contributed by atoms with Crippen LogP contribution in [0.3, 0.4) is 0 Å². The summed E-state index contributed by atoms with van der Waals surface area (Å²) < 4.78 is 11.3. The number of quaternary nitrogens is 2. The molecule has 2 aromatic rings. The Kier molecular flexibility index (Phi) is 12.4. The molecule has 0 fully saturated rings. The van der Waals surface area contributed by atoms with Gasteiger partial charge in [0.1, 0.15) is 31.4 Å². The second-order valence-corrected chi connectivity index (χ2v) is 6.39. The number of nitrogens with two attached hydrogens (primary N) is 1. The summed E-state index contributed by atoms with van der Waals surface area (Å²) in [5, 5.41) is 2.79. The molecule has 0 amide bonds. The van der Waals surface area contributed by atoms with Crippen LogP contribution in [0.4, 0.5) is 0 Å². The Morgan fingerprint density at radius 2 is 1.81 bits per heavy atom. The molecule has 0 atom stereocenters. The first-order valence-electron chi connectivity index (χ1n) is 8.09. The monoisotopic (exact) mass is 421 g/mol. The summed E-state index contributed by atoms with van der Waals surface area (Å²) in [7, 11) is 5.99. The number of ether oxygens (including phenoxy) is 2. The zero-order chi connectivity index (χ0) is 17.4. The van der Waals surface area contributed by atoms with Crippen LogP contribution in [-0.2, 0) is 13.2 Å². The molecule has 0 aliphatic heterocycles. The molecular weight excluding hydrogens is 397 g/mol. The maximum Gasteiger partial charge on any atom is 0.161 e. The minimum Gasteiger partial charge on any atom is -1.00 e. The first-order valence-corrected chi connectivity index (χ1v) is 8.47. The van der Waals surface area contributed by atoms with Crippen LogP contribution < -0.4 is 44.5 Å². The first-order chi connectivity index (χ1) is 11.6. The van der Waals surface area contributed by atoms with Gasteiger partial charge < -0.3 is 44.5 Å². The van der Waals surface area contributed by atoms with Gasteiger partial charge in [0.2, 0.25) is 0 Å². The van der Waals surface area contributed by atoms with Crippen molar-refractivity contribution >= 4 is 11.6 Å². The van der Waals surface area contributed by atoms with Crippen LogP contribution in [0.1, 0.15) is 11.1 Å². The van der Waals surface area contributed by atoms with E-state index in [4.69, 9.17) is 21.1 Å². The number of nitrogens with one attached hydrogen (secondary N) is 1. The molecule has 0 aliphatic rings. The minimum absolute atomic E-state index is 0. The third kappa shape index (κ3) is 8.43. The lowest BCUT2D eigenvalue weighted by molar-refractivity contribution is -0.875. The predicted molar refractivity (Wildman–Crippen MR) is 94.7 cm³/mol. The second kappa shape index (κ2) is 13.0. The highest BCUT2D eigenvalue weighted by Crippen LogP contribution is 2.28. The maximum absolute atomic E-state index is 5.84. The average Bonchev–Trinajstić information content (AvgIpc) is 2.58. The summed E-state index contributed by atoms with van der Waals surface area (Å²) in [4.78, 5) is 5.51. The molecule has 5 nitrogen and oxygen atoms in total. The van der Waals surface area contributed by atoms with E-state index in [1.807, 2.05) is 18.2 Å². The first kappa shape index (κ1) is 24.8. The van der Waals surface area contributed by atoms with Gasteiger partial charge >= 0.3 is 0 Å². The molecule has 0 saturated heterocycles. The Bertz CT molecular complexity index is 640. The lowest BCUT2D eigenvalue weighted by Gasteiger charge is -2.12. The minimum atomic E-state index is 0. The van der Waals surface area contributed by atoms with Crippen molar-refractivity contribution < 1.29 is 44.5 Å². The smallest absolute Gasteiger partial charge is 0.161 e. The molecule has 1 aromatic carbocycles. The Balaban J connectivity index is 0.00000312. The molecule has 0 spiro atoms. The number of rotatable bonds is 9. The van der Waals surface area contributed by atoms with Crippen molar-refractivity contribution in [3.8, 4) is 11.5 Å². The number of halogens is 3. The van der Waals surface area contributed by atoms with Gasteiger partial charge in [0, 0.05) is 17.3 Å². The van der Waals surface area contributed by atoms with Crippen LogP contribution in [0.5, 0.6) is 11.5 Å². The summed E-state index contributed by atoms with van der Waals surface area (Å²) in [6.07, 6.45) is 1.71. The fourth-order valence-electron chi connectivity index (χ4n) is 2.27. The standard InChI is InChI=1S/C18H24ClN3O2.2ClH/c1-22(2)9-8-20-11-14-4-6-16(17(10-14)23-3)24-13-15-5-7-18(19)21-12-15;;/h4-7,10,12,20H,8-9,11,13H2,1-3H3;2*1H. The normalized spacial score (nSPS) is 10.0. The van der Waals surface area contributed by atoms with E-state index in [9.17, 15) is 0 Å². The molecule has 1 aromatic heterocycles. The Morgan fingerprint density at radius 3 is 2.42 bits per heavy atom. The van der Waals surface area contributed by atoms with Crippen molar-refractivity contribution in [2.45, 2.75) is 13.2 Å². The Morgan fingerprint density at radius 1 is 1.08 bits per heavy atom. The SMILES string of the molecule is COc1cc(C[NH2+]CC[NH+](C)C)ccc1OCc1ccc(Cl)nc1.[Cl-].[Cl-]. The van der Waals surface area contributed by atoms with Crippen molar-refractivity contribution in [2.75, 3.05) is 34.3 Å². The summed E-state index contributed by atoms with van der Waals surface area (Å²) in [5.41, 5.74) is 2.19. The molecular formula is C18H26Cl3N3O2. The van der Waals surface area contributed by atoms with Crippen molar-refractivity contribution in [3.63, 3.8) is 0 Å². The molecule has 0 radical (unpaired) electrons. The van der Waals surface area contributed by atoms with Crippen LogP contribution >= 0.6 is 11.6 Å². The highest BCUT2D eigenvalue weighted by atomic mass is 35.5. The van der Waals surface area contributed by atoms with Gasteiger partial charge in [-0.1, -0.05) is 17.7 Å². The molecule has 0 saturated carbocycles. The number of likely N-dealkylation sites (N-methyl/N-ethyl adjacent to an activating group) is 1. The number of nitrogens with zero attached hydrogens (tertiary/aromatic N) is 1. The molecule has 1 heterocycles. The van der Waals surface area contributed by atoms with E-state index in [2.05, 4.69) is 30.5 Å². The Hall–Kier alpha value is -1.24. The third-order valence-corrected chi connectivity index (χ3v) is 3.86. The summed E-state index contributed by atoms with van der Waals surface area (Å²) in [6, 6.07) is 9.73. The van der Waals surface area contributed by atoms with E-state index in [0.29, 0.717) is 11.8 Å². The second-order valence-electron chi connectivity index (χ2n) is 6.00. The van der Waals surface area contributed by atoms with Gasteiger partial charge in [-0.25, -0.2) is 4.98 Å². The summed E-state index contributed by atoms with van der Waals surface area (Å²) in [6.45, 7) is 3.61. The molecule has 8 heteroatoms. The van der Waals surface area contributed by atoms with Gasteiger partial charge in [0.15, 0.2) is 11.5 Å². The molecule has 0 unspecified atom stereocenters. The average molecular weight is 423 g/mol. The molecule has 3 N–H and O–H groups in total. The predicted octanol–water partition coefficient (Wildman–Crippen LogP) is -5.46. The summed E-state index contributed by atoms with van der Waals surface area (Å²) in [5.74, 6) is 1.48. The number of pyridine rings is 1. The number of hydrogen-bond acceptors (Lipinski definition) is 3. The molecule has 0 aliphatic carbocycles. The van der Waals surface area contributed by atoms with Gasteiger partial charge in [-0.15, -0.1) is 0 Å².